The summed E-state index contributed by atoms with van der Waals surface area (Å²) < 4.78 is 6.79. The Morgan fingerprint density at radius 3 is 3.25 bits per heavy atom. The van der Waals surface area contributed by atoms with Crippen LogP contribution in [0.2, 0.25) is 0 Å². The van der Waals surface area contributed by atoms with E-state index in [2.05, 4.69) is 14.7 Å². The van der Waals surface area contributed by atoms with Crippen molar-refractivity contribution in [3.63, 3.8) is 0 Å². The minimum absolute atomic E-state index is 0.313. The minimum atomic E-state index is -0.313. The molecule has 5 heteroatoms. The van der Waals surface area contributed by atoms with E-state index in [1.54, 1.807) is 6.07 Å². The van der Waals surface area contributed by atoms with Gasteiger partial charge in [0.25, 0.3) is 0 Å². The second-order valence-electron chi connectivity index (χ2n) is 5.29. The molecule has 0 spiro atoms. The zero-order valence-corrected chi connectivity index (χ0v) is 11.6. The quantitative estimate of drug-likeness (QED) is 0.864. The van der Waals surface area contributed by atoms with E-state index in [-0.39, 0.29) is 5.97 Å². The standard InChI is InChI=1S/C15H19N3O2/c1-20-15(19)12-4-6-18-13(8-12)10-17-14(18)7-11-3-2-5-16-9-11/h4,6,8,10-11,16H,2-3,5,7,9H2,1H3. The van der Waals surface area contributed by atoms with Crippen molar-refractivity contribution in [2.45, 2.75) is 19.3 Å². The number of ether oxygens (including phenoxy) is 1. The number of pyridine rings is 1. The van der Waals surface area contributed by atoms with Gasteiger partial charge in [0.1, 0.15) is 5.82 Å². The number of hydrogen-bond acceptors (Lipinski definition) is 4. The lowest BCUT2D eigenvalue weighted by molar-refractivity contribution is 0.0600. The number of piperidine rings is 1. The van der Waals surface area contributed by atoms with Gasteiger partial charge in [0.2, 0.25) is 0 Å². The highest BCUT2D eigenvalue weighted by Crippen LogP contribution is 2.18. The lowest BCUT2D eigenvalue weighted by atomic mass is 9.96. The molecule has 1 aliphatic rings. The van der Waals surface area contributed by atoms with Crippen molar-refractivity contribution in [2.24, 2.45) is 5.92 Å². The van der Waals surface area contributed by atoms with Gasteiger partial charge < -0.3 is 14.5 Å². The molecule has 1 N–H and O–H groups in total. The predicted molar refractivity (Wildman–Crippen MR) is 75.8 cm³/mol. The Morgan fingerprint density at radius 1 is 1.60 bits per heavy atom. The van der Waals surface area contributed by atoms with Gasteiger partial charge in [0.15, 0.2) is 0 Å². The fourth-order valence-corrected chi connectivity index (χ4v) is 2.81. The Balaban J connectivity index is 1.84. The first-order chi connectivity index (χ1) is 9.78. The average molecular weight is 273 g/mol. The molecule has 3 heterocycles. The van der Waals surface area contributed by atoms with Gasteiger partial charge in [-0.1, -0.05) is 0 Å². The Hall–Kier alpha value is -1.88. The number of methoxy groups -OCH3 is 1. The highest BCUT2D eigenvalue weighted by molar-refractivity contribution is 5.90. The van der Waals surface area contributed by atoms with Crippen LogP contribution in [0.1, 0.15) is 29.0 Å². The predicted octanol–water partition coefficient (Wildman–Crippen LogP) is 1.66. The van der Waals surface area contributed by atoms with E-state index in [0.29, 0.717) is 11.5 Å². The smallest absolute Gasteiger partial charge is 0.337 e. The van der Waals surface area contributed by atoms with Gasteiger partial charge in [-0.15, -0.1) is 0 Å². The molecule has 106 valence electrons. The van der Waals surface area contributed by atoms with Gasteiger partial charge in [-0.05, 0) is 44.0 Å². The number of esters is 1. The summed E-state index contributed by atoms with van der Waals surface area (Å²) in [4.78, 5) is 16.0. The van der Waals surface area contributed by atoms with Gasteiger partial charge >= 0.3 is 5.97 Å². The largest absolute Gasteiger partial charge is 0.465 e. The van der Waals surface area contributed by atoms with Crippen LogP contribution in [0.15, 0.2) is 24.5 Å². The summed E-state index contributed by atoms with van der Waals surface area (Å²) in [6, 6.07) is 3.60. The van der Waals surface area contributed by atoms with Crippen molar-refractivity contribution >= 4 is 11.5 Å². The summed E-state index contributed by atoms with van der Waals surface area (Å²) in [5.74, 6) is 1.39. The lowest BCUT2D eigenvalue weighted by Crippen LogP contribution is -2.31. The maximum absolute atomic E-state index is 11.5. The molecule has 0 bridgehead atoms. The molecule has 5 nitrogen and oxygen atoms in total. The second-order valence-corrected chi connectivity index (χ2v) is 5.29. The van der Waals surface area contributed by atoms with Crippen LogP contribution in [-0.2, 0) is 11.2 Å². The Labute approximate surface area is 118 Å². The monoisotopic (exact) mass is 273 g/mol. The number of nitrogens with zero attached hydrogens (tertiary/aromatic N) is 2. The highest BCUT2D eigenvalue weighted by Gasteiger charge is 2.16. The number of hydrogen-bond donors (Lipinski definition) is 1. The van der Waals surface area contributed by atoms with Crippen molar-refractivity contribution in [2.75, 3.05) is 20.2 Å². The Kier molecular flexibility index (Phi) is 3.69. The molecule has 0 radical (unpaired) electrons. The summed E-state index contributed by atoms with van der Waals surface area (Å²) in [6.07, 6.45) is 7.18. The number of rotatable bonds is 3. The third-order valence-electron chi connectivity index (χ3n) is 3.90. The molecule has 1 aliphatic heterocycles. The first kappa shape index (κ1) is 13.1. The molecule has 0 amide bonds. The normalized spacial score (nSPS) is 19.1. The van der Waals surface area contributed by atoms with Crippen LogP contribution in [0.3, 0.4) is 0 Å². The first-order valence-electron chi connectivity index (χ1n) is 7.03. The van der Waals surface area contributed by atoms with Crippen molar-refractivity contribution in [1.29, 1.82) is 0 Å². The molecule has 2 aromatic rings. The minimum Gasteiger partial charge on any atom is -0.465 e. The molecule has 2 aromatic heterocycles. The summed E-state index contributed by atoms with van der Waals surface area (Å²) in [5, 5.41) is 3.43. The van der Waals surface area contributed by atoms with E-state index >= 15 is 0 Å². The van der Waals surface area contributed by atoms with Crippen LogP contribution in [0.4, 0.5) is 0 Å². The molecule has 0 aromatic carbocycles. The third-order valence-corrected chi connectivity index (χ3v) is 3.90. The summed E-state index contributed by atoms with van der Waals surface area (Å²) in [6.45, 7) is 2.19. The van der Waals surface area contributed by atoms with Gasteiger partial charge in [-0.3, -0.25) is 0 Å². The number of carbonyl (C=O) groups is 1. The lowest BCUT2D eigenvalue weighted by Gasteiger charge is -2.22. The molecular formula is C15H19N3O2. The number of carbonyl (C=O) groups excluding carboxylic acids is 1. The number of nitrogens with one attached hydrogen (secondary N) is 1. The van der Waals surface area contributed by atoms with Gasteiger partial charge in [0, 0.05) is 12.6 Å². The van der Waals surface area contributed by atoms with Crippen molar-refractivity contribution < 1.29 is 9.53 Å². The molecule has 1 atom stereocenters. The van der Waals surface area contributed by atoms with E-state index in [0.717, 1.165) is 30.9 Å². The van der Waals surface area contributed by atoms with E-state index in [4.69, 9.17) is 4.74 Å². The number of imidazole rings is 1. The van der Waals surface area contributed by atoms with E-state index in [9.17, 15) is 4.79 Å². The maximum Gasteiger partial charge on any atom is 0.337 e. The molecule has 1 saturated heterocycles. The molecule has 20 heavy (non-hydrogen) atoms. The van der Waals surface area contributed by atoms with Crippen molar-refractivity contribution in [3.8, 4) is 0 Å². The highest BCUT2D eigenvalue weighted by atomic mass is 16.5. The fourth-order valence-electron chi connectivity index (χ4n) is 2.81. The van der Waals surface area contributed by atoms with E-state index < -0.39 is 0 Å². The molecule has 3 rings (SSSR count). The van der Waals surface area contributed by atoms with Crippen LogP contribution in [0, 0.1) is 5.92 Å². The van der Waals surface area contributed by atoms with Crippen LogP contribution in [-0.4, -0.2) is 35.6 Å². The number of aromatic nitrogens is 2. The summed E-state index contributed by atoms with van der Waals surface area (Å²) in [5.41, 5.74) is 1.50. The first-order valence-corrected chi connectivity index (χ1v) is 7.03. The van der Waals surface area contributed by atoms with Gasteiger partial charge in [-0.2, -0.15) is 0 Å². The number of fused-ring (bicyclic) bond motifs is 1. The zero-order valence-electron chi connectivity index (χ0n) is 11.6. The van der Waals surface area contributed by atoms with Crippen LogP contribution >= 0.6 is 0 Å². The van der Waals surface area contributed by atoms with Crippen molar-refractivity contribution in [1.82, 2.24) is 14.7 Å². The summed E-state index contributed by atoms with van der Waals surface area (Å²) >= 11 is 0. The maximum atomic E-state index is 11.5. The molecule has 0 saturated carbocycles. The Morgan fingerprint density at radius 2 is 2.50 bits per heavy atom. The van der Waals surface area contributed by atoms with Gasteiger partial charge in [0.05, 0.1) is 24.4 Å². The van der Waals surface area contributed by atoms with E-state index in [1.807, 2.05) is 18.5 Å². The van der Waals surface area contributed by atoms with Gasteiger partial charge in [-0.25, -0.2) is 9.78 Å². The Bertz CT molecular complexity index is 615. The van der Waals surface area contributed by atoms with Crippen LogP contribution < -0.4 is 5.32 Å². The molecular weight excluding hydrogens is 254 g/mol. The molecule has 1 unspecified atom stereocenters. The molecule has 0 aliphatic carbocycles. The third kappa shape index (κ3) is 2.54. The van der Waals surface area contributed by atoms with Crippen LogP contribution in [0.5, 0.6) is 0 Å². The second kappa shape index (κ2) is 5.63. The topological polar surface area (TPSA) is 55.6 Å². The molecule has 1 fully saturated rings. The summed E-state index contributed by atoms with van der Waals surface area (Å²) in [7, 11) is 1.39. The fraction of sp³-hybridized carbons (Fsp3) is 0.467. The average Bonchev–Trinajstić information content (AvgIpc) is 2.90. The van der Waals surface area contributed by atoms with E-state index in [1.165, 1.54) is 20.0 Å². The zero-order chi connectivity index (χ0) is 13.9. The van der Waals surface area contributed by atoms with Crippen LogP contribution in [0.25, 0.3) is 5.52 Å². The van der Waals surface area contributed by atoms with Crippen molar-refractivity contribution in [3.05, 3.63) is 35.9 Å². The SMILES string of the molecule is COC(=O)c1ccn2c(CC3CCCNC3)ncc2c1.